The molecule has 2 N–H and O–H groups in total. The summed E-state index contributed by atoms with van der Waals surface area (Å²) in [6, 6.07) is 9.55. The average molecular weight is 460 g/mol. The van der Waals surface area contributed by atoms with Crippen LogP contribution in [0.15, 0.2) is 42.5 Å². The topological polar surface area (TPSA) is 61.4 Å². The molecule has 2 aliphatic rings. The van der Waals surface area contributed by atoms with E-state index in [1.165, 1.54) is 18.6 Å². The Hall–Kier alpha value is -3.03. The molecule has 4 rings (SSSR count). The molecule has 1 saturated heterocycles. The number of hydrogen-bond donors (Lipinski definition) is 2. The van der Waals surface area contributed by atoms with Crippen molar-refractivity contribution in [3.63, 3.8) is 0 Å². The van der Waals surface area contributed by atoms with Crippen molar-refractivity contribution < 1.29 is 22.8 Å². The maximum absolute atomic E-state index is 13.2. The lowest BCUT2D eigenvalue weighted by Crippen LogP contribution is -2.37. The number of hydrogen-bond acceptors (Lipinski definition) is 3. The van der Waals surface area contributed by atoms with Gasteiger partial charge in [0.2, 0.25) is 0 Å². The number of carbonyl (C=O) groups is 2. The zero-order chi connectivity index (χ0) is 23.4. The minimum absolute atomic E-state index is 0.0957. The van der Waals surface area contributed by atoms with Crippen LogP contribution in [0.25, 0.3) is 0 Å². The fourth-order valence-electron chi connectivity index (χ4n) is 4.58. The molecule has 1 aliphatic carbocycles. The Morgan fingerprint density at radius 2 is 1.61 bits per heavy atom. The molecule has 1 heterocycles. The molecule has 0 aromatic heterocycles. The van der Waals surface area contributed by atoms with Crippen molar-refractivity contribution >= 4 is 23.2 Å². The van der Waals surface area contributed by atoms with Gasteiger partial charge in [-0.2, -0.15) is 13.2 Å². The summed E-state index contributed by atoms with van der Waals surface area (Å²) in [4.78, 5) is 28.0. The Kier molecular flexibility index (Phi) is 6.91. The Bertz CT molecular complexity index is 1010. The molecule has 2 amide bonds. The molecule has 1 saturated carbocycles. The van der Waals surface area contributed by atoms with Crippen molar-refractivity contribution in [1.82, 2.24) is 5.32 Å². The van der Waals surface area contributed by atoms with Gasteiger partial charge in [-0.25, -0.2) is 0 Å². The molecule has 33 heavy (non-hydrogen) atoms. The van der Waals surface area contributed by atoms with Gasteiger partial charge in [-0.15, -0.1) is 0 Å². The smallest absolute Gasteiger partial charge is 0.371 e. The summed E-state index contributed by atoms with van der Waals surface area (Å²) in [5.74, 6) is -0.840. The van der Waals surface area contributed by atoms with Crippen molar-refractivity contribution in [2.45, 2.75) is 57.2 Å². The maximum atomic E-state index is 13.2. The van der Waals surface area contributed by atoms with Gasteiger partial charge in [0.1, 0.15) is 0 Å². The highest BCUT2D eigenvalue weighted by molar-refractivity contribution is 6.06. The summed E-state index contributed by atoms with van der Waals surface area (Å²) < 4.78 is 39.0. The quantitative estimate of drug-likeness (QED) is 0.610. The van der Waals surface area contributed by atoms with Gasteiger partial charge in [-0.05, 0) is 62.1 Å². The van der Waals surface area contributed by atoms with Gasteiger partial charge in [-0.1, -0.05) is 25.3 Å². The molecule has 176 valence electrons. The van der Waals surface area contributed by atoms with E-state index in [4.69, 9.17) is 0 Å². The molecule has 1 aliphatic heterocycles. The monoisotopic (exact) mass is 459 g/mol. The third-order valence-corrected chi connectivity index (χ3v) is 6.34. The first-order valence-corrected chi connectivity index (χ1v) is 11.5. The first-order valence-electron chi connectivity index (χ1n) is 11.5. The van der Waals surface area contributed by atoms with Crippen molar-refractivity contribution in [3.8, 4) is 0 Å². The van der Waals surface area contributed by atoms with E-state index in [0.717, 1.165) is 69.4 Å². The highest BCUT2D eigenvalue weighted by Gasteiger charge is 2.31. The summed E-state index contributed by atoms with van der Waals surface area (Å²) in [6.07, 6.45) is 2.86. The number of alkyl halides is 3. The second kappa shape index (κ2) is 9.85. The molecule has 0 spiro atoms. The van der Waals surface area contributed by atoms with Gasteiger partial charge < -0.3 is 15.5 Å². The molecule has 2 aromatic carbocycles. The van der Waals surface area contributed by atoms with Crippen LogP contribution >= 0.6 is 0 Å². The Morgan fingerprint density at radius 1 is 0.879 bits per heavy atom. The Morgan fingerprint density at radius 3 is 2.30 bits per heavy atom. The van der Waals surface area contributed by atoms with Crippen LogP contribution in [-0.2, 0) is 6.18 Å². The van der Waals surface area contributed by atoms with Gasteiger partial charge >= 0.3 is 6.18 Å². The first-order chi connectivity index (χ1) is 15.8. The van der Waals surface area contributed by atoms with E-state index in [1.807, 2.05) is 6.07 Å². The van der Waals surface area contributed by atoms with E-state index in [-0.39, 0.29) is 17.5 Å². The van der Waals surface area contributed by atoms with E-state index in [2.05, 4.69) is 15.5 Å². The molecular weight excluding hydrogens is 431 g/mol. The van der Waals surface area contributed by atoms with Crippen molar-refractivity contribution in [3.05, 3.63) is 59.2 Å². The number of benzene rings is 2. The van der Waals surface area contributed by atoms with Gasteiger partial charge in [0.15, 0.2) is 0 Å². The van der Waals surface area contributed by atoms with Crippen LogP contribution in [0.4, 0.5) is 24.5 Å². The zero-order valence-corrected chi connectivity index (χ0v) is 18.4. The number of halogens is 3. The average Bonchev–Trinajstić information content (AvgIpc) is 3.34. The van der Waals surface area contributed by atoms with E-state index in [1.54, 1.807) is 12.1 Å². The van der Waals surface area contributed by atoms with Gasteiger partial charge in [-0.3, -0.25) is 9.59 Å². The van der Waals surface area contributed by atoms with Crippen LogP contribution in [0.5, 0.6) is 0 Å². The van der Waals surface area contributed by atoms with Gasteiger partial charge in [0.25, 0.3) is 11.8 Å². The third kappa shape index (κ3) is 5.67. The van der Waals surface area contributed by atoms with Gasteiger partial charge in [0.05, 0.1) is 11.1 Å². The molecular formula is C25H28F3N3O2. The highest BCUT2D eigenvalue weighted by atomic mass is 19.4. The largest absolute Gasteiger partial charge is 0.416 e. The van der Waals surface area contributed by atoms with Crippen LogP contribution in [0.3, 0.4) is 0 Å². The van der Waals surface area contributed by atoms with Crippen molar-refractivity contribution in [1.29, 1.82) is 0 Å². The van der Waals surface area contributed by atoms with Crippen LogP contribution in [0.2, 0.25) is 0 Å². The third-order valence-electron chi connectivity index (χ3n) is 6.34. The summed E-state index contributed by atoms with van der Waals surface area (Å²) >= 11 is 0. The number of nitrogens with one attached hydrogen (secondary N) is 2. The lowest BCUT2D eigenvalue weighted by molar-refractivity contribution is -0.137. The molecule has 0 radical (unpaired) electrons. The number of anilines is 2. The van der Waals surface area contributed by atoms with Crippen molar-refractivity contribution in [2.75, 3.05) is 23.3 Å². The second-order valence-electron chi connectivity index (χ2n) is 8.77. The Labute approximate surface area is 191 Å². The first kappa shape index (κ1) is 23.1. The second-order valence-corrected chi connectivity index (χ2v) is 8.77. The minimum Gasteiger partial charge on any atom is -0.371 e. The fourth-order valence-corrected chi connectivity index (χ4v) is 4.58. The van der Waals surface area contributed by atoms with Crippen LogP contribution in [0, 0.1) is 0 Å². The predicted molar refractivity (Wildman–Crippen MR) is 122 cm³/mol. The molecule has 2 aromatic rings. The Balaban J connectivity index is 1.56. The summed E-state index contributed by atoms with van der Waals surface area (Å²) in [5.41, 5.74) is 0.685. The number of amides is 2. The van der Waals surface area contributed by atoms with Crippen LogP contribution < -0.4 is 15.5 Å². The van der Waals surface area contributed by atoms with Crippen LogP contribution in [-0.4, -0.2) is 30.9 Å². The molecule has 0 atom stereocenters. The number of nitrogens with zero attached hydrogens (tertiary/aromatic N) is 1. The zero-order valence-electron chi connectivity index (χ0n) is 18.4. The van der Waals surface area contributed by atoms with Crippen molar-refractivity contribution in [2.24, 2.45) is 0 Å². The SMILES string of the molecule is O=C(Nc1ccc(N2CCCC2)c(C(=O)NC2CCCCC2)c1)c1cccc(C(F)(F)F)c1. The lowest BCUT2D eigenvalue weighted by Gasteiger charge is -2.25. The molecule has 8 heteroatoms. The van der Waals surface area contributed by atoms with Gasteiger partial charge in [0, 0.05) is 36.1 Å². The predicted octanol–water partition coefficient (Wildman–Crippen LogP) is 5.62. The lowest BCUT2D eigenvalue weighted by atomic mass is 9.95. The van der Waals surface area contributed by atoms with E-state index in [9.17, 15) is 22.8 Å². The highest BCUT2D eigenvalue weighted by Crippen LogP contribution is 2.31. The van der Waals surface area contributed by atoms with E-state index in [0.29, 0.717) is 11.3 Å². The molecule has 0 unspecified atom stereocenters. The van der Waals surface area contributed by atoms with E-state index < -0.39 is 17.6 Å². The summed E-state index contributed by atoms with van der Waals surface area (Å²) in [7, 11) is 0. The fraction of sp³-hybridized carbons (Fsp3) is 0.440. The van der Waals surface area contributed by atoms with E-state index >= 15 is 0 Å². The molecule has 2 fully saturated rings. The minimum atomic E-state index is -4.53. The molecule has 0 bridgehead atoms. The standard InChI is InChI=1S/C25H28F3N3O2/c26-25(27,28)18-8-6-7-17(15-18)23(32)30-20-11-12-22(31-13-4-5-14-31)21(16-20)24(33)29-19-9-2-1-3-10-19/h6-8,11-12,15-16,19H,1-5,9-10,13-14H2,(H,29,33)(H,30,32). The number of rotatable bonds is 5. The molecule has 5 nitrogen and oxygen atoms in total. The van der Waals surface area contributed by atoms with Crippen LogP contribution in [0.1, 0.15) is 71.2 Å². The summed E-state index contributed by atoms with van der Waals surface area (Å²) in [6.45, 7) is 1.72. The number of carbonyl (C=O) groups excluding carboxylic acids is 2. The summed E-state index contributed by atoms with van der Waals surface area (Å²) in [5, 5.41) is 5.78. The normalized spacial score (nSPS) is 17.1. The maximum Gasteiger partial charge on any atom is 0.416 e.